The molecule has 0 radical (unpaired) electrons. The van der Waals surface area contributed by atoms with Crippen molar-refractivity contribution >= 4 is 11.9 Å². The molecule has 8 heteroatoms. The molecular formula is C13H18N6O2. The van der Waals surface area contributed by atoms with Crippen LogP contribution in [-0.4, -0.2) is 35.7 Å². The third kappa shape index (κ3) is 3.93. The molecule has 0 saturated carbocycles. The van der Waals surface area contributed by atoms with E-state index in [1.807, 2.05) is 33.2 Å². The topological polar surface area (TPSA) is 98.4 Å². The summed E-state index contributed by atoms with van der Waals surface area (Å²) in [5, 5.41) is 0. The molecule has 0 unspecified atom stereocenters. The first-order valence-electron chi connectivity index (χ1n) is 6.43. The van der Waals surface area contributed by atoms with Gasteiger partial charge in [0.05, 0.1) is 6.61 Å². The Kier molecular flexibility index (Phi) is 4.72. The highest BCUT2D eigenvalue weighted by atomic mass is 16.5. The maximum Gasteiger partial charge on any atom is 0.328 e. The second kappa shape index (κ2) is 6.71. The summed E-state index contributed by atoms with van der Waals surface area (Å²) < 4.78 is 11.0. The molecule has 1 aromatic heterocycles. The molecule has 0 aliphatic heterocycles. The second-order valence-corrected chi connectivity index (χ2v) is 4.29. The van der Waals surface area contributed by atoms with E-state index in [0.717, 1.165) is 5.75 Å². The first-order chi connectivity index (χ1) is 10.1. The summed E-state index contributed by atoms with van der Waals surface area (Å²) >= 11 is 0. The minimum Gasteiger partial charge on any atom is -0.494 e. The smallest absolute Gasteiger partial charge is 0.328 e. The van der Waals surface area contributed by atoms with Crippen molar-refractivity contribution in [3.63, 3.8) is 0 Å². The average Bonchev–Trinajstić information content (AvgIpc) is 2.49. The van der Waals surface area contributed by atoms with Gasteiger partial charge in [-0.05, 0) is 31.2 Å². The number of anilines is 2. The standard InChI is InChI=1S/C13H18N6O2/c1-4-20-9-5-7-10(8-6-9)21-13-16-11(18-14)15-12(17-13)19(2)3/h5-8H,4,14H2,1-3H3,(H,15,16,17,18). The minimum absolute atomic E-state index is 0.158. The Morgan fingerprint density at radius 1 is 1.10 bits per heavy atom. The van der Waals surface area contributed by atoms with Crippen LogP contribution in [0.15, 0.2) is 24.3 Å². The molecule has 2 rings (SSSR count). The molecule has 8 nitrogen and oxygen atoms in total. The number of ether oxygens (including phenoxy) is 2. The van der Waals surface area contributed by atoms with Crippen LogP contribution >= 0.6 is 0 Å². The van der Waals surface area contributed by atoms with Crippen molar-refractivity contribution in [1.82, 2.24) is 15.0 Å². The lowest BCUT2D eigenvalue weighted by atomic mass is 10.3. The molecule has 2 aromatic rings. The lowest BCUT2D eigenvalue weighted by molar-refractivity contribution is 0.339. The molecule has 1 aromatic carbocycles. The molecule has 1 heterocycles. The Morgan fingerprint density at radius 2 is 1.76 bits per heavy atom. The molecule has 0 aliphatic rings. The zero-order valence-corrected chi connectivity index (χ0v) is 12.2. The van der Waals surface area contributed by atoms with Gasteiger partial charge in [0.15, 0.2) is 0 Å². The van der Waals surface area contributed by atoms with Crippen LogP contribution in [0.3, 0.4) is 0 Å². The minimum atomic E-state index is 0.158. The van der Waals surface area contributed by atoms with E-state index in [1.54, 1.807) is 17.0 Å². The molecule has 0 aliphatic carbocycles. The maximum absolute atomic E-state index is 5.60. The number of nitrogens with two attached hydrogens (primary N) is 1. The zero-order valence-electron chi connectivity index (χ0n) is 12.2. The molecule has 0 fully saturated rings. The van der Waals surface area contributed by atoms with Crippen molar-refractivity contribution in [1.29, 1.82) is 0 Å². The first kappa shape index (κ1) is 14.8. The Bertz CT molecular complexity index is 588. The Balaban J connectivity index is 2.19. The van der Waals surface area contributed by atoms with Crippen LogP contribution < -0.4 is 25.6 Å². The Labute approximate surface area is 122 Å². The van der Waals surface area contributed by atoms with Gasteiger partial charge in [0, 0.05) is 14.1 Å². The summed E-state index contributed by atoms with van der Waals surface area (Å²) in [4.78, 5) is 14.1. The van der Waals surface area contributed by atoms with Gasteiger partial charge in [-0.1, -0.05) is 0 Å². The van der Waals surface area contributed by atoms with Crippen molar-refractivity contribution < 1.29 is 9.47 Å². The van der Waals surface area contributed by atoms with Gasteiger partial charge in [0.2, 0.25) is 11.9 Å². The second-order valence-electron chi connectivity index (χ2n) is 4.29. The van der Waals surface area contributed by atoms with Gasteiger partial charge in [0.1, 0.15) is 11.5 Å². The molecule has 21 heavy (non-hydrogen) atoms. The molecule has 0 atom stereocenters. The highest BCUT2D eigenvalue weighted by Crippen LogP contribution is 2.23. The number of benzene rings is 1. The summed E-state index contributed by atoms with van der Waals surface area (Å²) in [5.74, 6) is 7.39. The van der Waals surface area contributed by atoms with Crippen LogP contribution in [0.4, 0.5) is 11.9 Å². The highest BCUT2D eigenvalue weighted by molar-refractivity contribution is 5.38. The first-order valence-corrected chi connectivity index (χ1v) is 6.43. The van der Waals surface area contributed by atoms with E-state index in [-0.39, 0.29) is 12.0 Å². The summed E-state index contributed by atoms with van der Waals surface area (Å²) in [6.45, 7) is 2.55. The van der Waals surface area contributed by atoms with Gasteiger partial charge < -0.3 is 14.4 Å². The summed E-state index contributed by atoms with van der Waals surface area (Å²) in [7, 11) is 3.63. The predicted molar refractivity (Wildman–Crippen MR) is 79.6 cm³/mol. The number of hydrogen-bond acceptors (Lipinski definition) is 8. The molecule has 0 saturated heterocycles. The van der Waals surface area contributed by atoms with Crippen LogP contribution in [0.25, 0.3) is 0 Å². The number of nitrogen functional groups attached to an aromatic ring is 1. The fourth-order valence-electron chi connectivity index (χ4n) is 1.53. The predicted octanol–water partition coefficient (Wildman–Crippen LogP) is 1.41. The number of hydrogen-bond donors (Lipinski definition) is 2. The van der Waals surface area contributed by atoms with Gasteiger partial charge in [0.25, 0.3) is 0 Å². The fourth-order valence-corrected chi connectivity index (χ4v) is 1.53. The SMILES string of the molecule is CCOc1ccc(Oc2nc(NN)nc(N(C)C)n2)cc1. The van der Waals surface area contributed by atoms with Gasteiger partial charge in [-0.25, -0.2) is 5.84 Å². The van der Waals surface area contributed by atoms with Crippen molar-refractivity contribution in [3.05, 3.63) is 24.3 Å². The van der Waals surface area contributed by atoms with E-state index in [1.165, 1.54) is 0 Å². The van der Waals surface area contributed by atoms with Gasteiger partial charge in [-0.3, -0.25) is 5.43 Å². The van der Waals surface area contributed by atoms with Crippen LogP contribution in [0.2, 0.25) is 0 Å². The summed E-state index contributed by atoms with van der Waals surface area (Å²) in [6, 6.07) is 7.34. The summed E-state index contributed by atoms with van der Waals surface area (Å²) in [6.07, 6.45) is 0. The van der Waals surface area contributed by atoms with E-state index in [0.29, 0.717) is 18.3 Å². The number of nitrogens with zero attached hydrogens (tertiary/aromatic N) is 4. The molecular weight excluding hydrogens is 272 g/mol. The lowest BCUT2D eigenvalue weighted by Crippen LogP contribution is -2.17. The fraction of sp³-hybridized carbons (Fsp3) is 0.308. The van der Waals surface area contributed by atoms with Crippen molar-refractivity contribution in [2.24, 2.45) is 5.84 Å². The van der Waals surface area contributed by atoms with E-state index < -0.39 is 0 Å². The quantitative estimate of drug-likeness (QED) is 0.608. The van der Waals surface area contributed by atoms with E-state index in [9.17, 15) is 0 Å². The summed E-state index contributed by atoms with van der Waals surface area (Å²) in [5.41, 5.74) is 2.39. The third-order valence-corrected chi connectivity index (χ3v) is 2.48. The lowest BCUT2D eigenvalue weighted by Gasteiger charge is -2.12. The molecule has 0 amide bonds. The van der Waals surface area contributed by atoms with Crippen LogP contribution in [0, 0.1) is 0 Å². The molecule has 3 N–H and O–H groups in total. The Morgan fingerprint density at radius 3 is 2.33 bits per heavy atom. The number of rotatable bonds is 6. The molecule has 0 spiro atoms. The van der Waals surface area contributed by atoms with Crippen LogP contribution in [0.5, 0.6) is 17.5 Å². The maximum atomic E-state index is 5.60. The average molecular weight is 290 g/mol. The highest BCUT2D eigenvalue weighted by Gasteiger charge is 2.09. The number of hydrazine groups is 1. The van der Waals surface area contributed by atoms with Crippen molar-refractivity contribution in [3.8, 4) is 17.5 Å². The normalized spacial score (nSPS) is 10.1. The monoisotopic (exact) mass is 290 g/mol. The third-order valence-electron chi connectivity index (χ3n) is 2.48. The Hall–Kier alpha value is -2.61. The zero-order chi connectivity index (χ0) is 15.2. The van der Waals surface area contributed by atoms with Crippen LogP contribution in [-0.2, 0) is 0 Å². The largest absolute Gasteiger partial charge is 0.494 e. The number of aromatic nitrogens is 3. The van der Waals surface area contributed by atoms with Crippen molar-refractivity contribution in [2.45, 2.75) is 6.92 Å². The molecule has 112 valence electrons. The van der Waals surface area contributed by atoms with E-state index >= 15 is 0 Å². The van der Waals surface area contributed by atoms with Crippen molar-refractivity contribution in [2.75, 3.05) is 31.0 Å². The van der Waals surface area contributed by atoms with Crippen LogP contribution in [0.1, 0.15) is 6.92 Å². The van der Waals surface area contributed by atoms with Gasteiger partial charge in [-0.2, -0.15) is 15.0 Å². The molecule has 0 bridgehead atoms. The van der Waals surface area contributed by atoms with E-state index in [2.05, 4.69) is 20.4 Å². The van der Waals surface area contributed by atoms with Gasteiger partial charge >= 0.3 is 6.01 Å². The number of nitrogens with one attached hydrogen (secondary N) is 1. The van der Waals surface area contributed by atoms with Gasteiger partial charge in [-0.15, -0.1) is 0 Å². The van der Waals surface area contributed by atoms with E-state index in [4.69, 9.17) is 15.3 Å².